The van der Waals surface area contributed by atoms with Crippen molar-refractivity contribution < 1.29 is 104 Å². The predicted octanol–water partition coefficient (Wildman–Crippen LogP) is -0.00158. The van der Waals surface area contributed by atoms with Crippen molar-refractivity contribution in [1.29, 1.82) is 0 Å². The van der Waals surface area contributed by atoms with E-state index in [2.05, 4.69) is 0 Å². The van der Waals surface area contributed by atoms with E-state index in [-0.39, 0.29) is 5.56 Å². The maximum atomic E-state index is 15.4. The highest BCUT2D eigenvalue weighted by Crippen LogP contribution is 2.57. The molecule has 12 N–H and O–H groups in total. The minimum Gasteiger partial charge on any atom is -0.507 e. The number of benzene rings is 4. The summed E-state index contributed by atoms with van der Waals surface area (Å²) in [5, 5.41) is 135. The highest BCUT2D eigenvalue weighted by atomic mass is 16.5. The van der Waals surface area contributed by atoms with Gasteiger partial charge in [0.15, 0.2) is 34.7 Å². The molecule has 0 bridgehead atoms. The molecule has 0 amide bonds. The van der Waals surface area contributed by atoms with Gasteiger partial charge in [0.1, 0.15) is 88.1 Å². The topological polar surface area (TPSA) is 373 Å². The summed E-state index contributed by atoms with van der Waals surface area (Å²) in [6.07, 6.45) is -13.7. The fraction of sp³-hybridized carbons (Fsp3) is 0.292. The lowest BCUT2D eigenvalue weighted by atomic mass is 9.66. The monoisotopic (exact) mass is 952 g/mol. The number of carbonyl (C=O) groups excluding carboxylic acids is 6. The zero-order valence-corrected chi connectivity index (χ0v) is 36.8. The van der Waals surface area contributed by atoms with Crippen LogP contribution in [0, 0.1) is 6.92 Å². The van der Waals surface area contributed by atoms with E-state index in [0.29, 0.717) is 0 Å². The summed E-state index contributed by atoms with van der Waals surface area (Å²) in [4.78, 5) is 88.1. The molecule has 5 aliphatic carbocycles. The Labute approximate surface area is 387 Å². The second-order valence-corrected chi connectivity index (χ2v) is 17.7. The van der Waals surface area contributed by atoms with E-state index in [1.54, 1.807) is 0 Å². The van der Waals surface area contributed by atoms with Crippen LogP contribution < -0.4 is 14.2 Å². The molecule has 0 spiro atoms. The number of Topliss-reactive ketones (excluding diaryl/α,β-unsaturated/α-hetero) is 4. The van der Waals surface area contributed by atoms with Crippen LogP contribution in [0.1, 0.15) is 92.7 Å². The molecule has 0 radical (unpaired) electrons. The largest absolute Gasteiger partial charge is 0.507 e. The Bertz CT molecular complexity index is 3240. The van der Waals surface area contributed by atoms with Gasteiger partial charge in [-0.1, -0.05) is 0 Å². The number of fused-ring (bicyclic) bond motifs is 4. The van der Waals surface area contributed by atoms with Crippen molar-refractivity contribution in [2.45, 2.75) is 68.6 Å². The number of aliphatic hydroxyl groups is 8. The van der Waals surface area contributed by atoms with Crippen molar-refractivity contribution in [3.05, 3.63) is 96.6 Å². The van der Waals surface area contributed by atoms with Gasteiger partial charge < -0.3 is 75.5 Å². The first kappa shape index (κ1) is 46.8. The van der Waals surface area contributed by atoms with Crippen LogP contribution >= 0.6 is 0 Å². The second-order valence-electron chi connectivity index (χ2n) is 17.7. The average Bonchev–Trinajstić information content (AvgIpc) is 3.30. The summed E-state index contributed by atoms with van der Waals surface area (Å²) < 4.78 is 16.6. The van der Waals surface area contributed by atoms with Crippen molar-refractivity contribution in [2.24, 2.45) is 0 Å². The van der Waals surface area contributed by atoms with Gasteiger partial charge in [-0.15, -0.1) is 0 Å². The first-order valence-electron chi connectivity index (χ1n) is 20.7. The molecule has 0 saturated carbocycles. The zero-order chi connectivity index (χ0) is 50.7. The van der Waals surface area contributed by atoms with Gasteiger partial charge in [0.05, 0.1) is 43.6 Å². The summed E-state index contributed by atoms with van der Waals surface area (Å²) in [5.74, 6) is -13.1. The molecule has 0 aromatic heterocycles. The fourth-order valence-corrected chi connectivity index (χ4v) is 10.2. The lowest BCUT2D eigenvalue weighted by Gasteiger charge is -2.44. The minimum absolute atomic E-state index is 0.127. The highest BCUT2D eigenvalue weighted by molar-refractivity contribution is 6.36. The Morgan fingerprint density at radius 2 is 0.797 bits per heavy atom. The van der Waals surface area contributed by atoms with E-state index in [4.69, 9.17) is 14.2 Å². The number of rotatable bonds is 5. The molecule has 21 nitrogen and oxygen atoms in total. The van der Waals surface area contributed by atoms with E-state index in [1.165, 1.54) is 6.92 Å². The molecule has 0 fully saturated rings. The number of ketones is 6. The van der Waals surface area contributed by atoms with Crippen LogP contribution in [-0.4, -0.2) is 165 Å². The molecule has 358 valence electrons. The van der Waals surface area contributed by atoms with Crippen molar-refractivity contribution in [2.75, 3.05) is 21.3 Å². The predicted molar refractivity (Wildman–Crippen MR) is 230 cm³/mol. The van der Waals surface area contributed by atoms with Crippen molar-refractivity contribution in [3.63, 3.8) is 0 Å². The lowest BCUT2D eigenvalue weighted by Crippen LogP contribution is -2.61. The number of carbonyl (C=O) groups is 6. The van der Waals surface area contributed by atoms with Crippen LogP contribution in [-0.2, 0) is 0 Å². The summed E-state index contributed by atoms with van der Waals surface area (Å²) in [7, 11) is 3.13. The van der Waals surface area contributed by atoms with Gasteiger partial charge in [0.25, 0.3) is 0 Å². The minimum atomic E-state index is -2.66. The normalized spacial score (nSPS) is 27.1. The third-order valence-corrected chi connectivity index (χ3v) is 13.9. The third kappa shape index (κ3) is 5.74. The number of aliphatic hydroxyl groups excluding tert-OH is 6. The molecule has 21 heteroatoms. The van der Waals surface area contributed by atoms with Crippen LogP contribution in [0.4, 0.5) is 0 Å². The Balaban J connectivity index is 1.33. The van der Waals surface area contributed by atoms with Gasteiger partial charge in [-0.2, -0.15) is 0 Å². The molecule has 8 atom stereocenters. The quantitative estimate of drug-likeness (QED) is 0.110. The highest BCUT2D eigenvalue weighted by Gasteiger charge is 2.58. The Kier molecular flexibility index (Phi) is 10.2. The maximum absolute atomic E-state index is 15.4. The Morgan fingerprint density at radius 3 is 1.22 bits per heavy atom. The average molecular weight is 953 g/mol. The number of phenols is 4. The number of ether oxygens (including phenoxy) is 3. The molecule has 0 unspecified atom stereocenters. The van der Waals surface area contributed by atoms with Gasteiger partial charge in [0.2, 0.25) is 0 Å². The number of aryl methyl sites for hydroxylation is 1. The molecular weight excluding hydrogens is 913 g/mol. The molecule has 0 saturated heterocycles. The van der Waals surface area contributed by atoms with E-state index >= 15 is 4.79 Å². The third-order valence-electron chi connectivity index (χ3n) is 13.9. The molecular formula is C48H40O21. The Hall–Kier alpha value is -7.34. The first-order chi connectivity index (χ1) is 32.2. The van der Waals surface area contributed by atoms with Crippen LogP contribution in [0.3, 0.4) is 0 Å². The van der Waals surface area contributed by atoms with Crippen molar-refractivity contribution in [3.8, 4) is 62.5 Å². The molecule has 9 rings (SSSR count). The summed E-state index contributed by atoms with van der Waals surface area (Å²) in [6.45, 7) is 3.05. The van der Waals surface area contributed by atoms with Gasteiger partial charge in [0, 0.05) is 78.9 Å². The van der Waals surface area contributed by atoms with Gasteiger partial charge in [-0.25, -0.2) is 0 Å². The standard InChI is InChI=1S/C48H40O21/c1-11-7-12-19(26(33(11)51)24-18(69-6)10-15(50)22-28(24)40(58)32-30(38(22)56)42(60)46(64)48(3,66)44(32)62)35(53)20-13(34(12)52)8-16(67-4)25(36(20)54)23-17(68-5)9-14(49)21-27(23)39(57)31-29(37(21)55)41(59)45(63)47(2,65)43(31)61/h7-10,41-46,49-51,54,59-66H,1-6H3/t41-,42-,43+,44+,45+,46+,47-,48-/m0/s1. The molecule has 0 heterocycles. The second kappa shape index (κ2) is 15.1. The molecule has 5 aliphatic rings. The van der Waals surface area contributed by atoms with E-state index in [0.717, 1.165) is 59.4 Å². The van der Waals surface area contributed by atoms with Gasteiger partial charge in [-0.05, 0) is 38.5 Å². The van der Waals surface area contributed by atoms with Crippen LogP contribution in [0.15, 0.2) is 46.6 Å². The molecule has 4 aromatic rings. The number of methoxy groups -OCH3 is 3. The lowest BCUT2D eigenvalue weighted by molar-refractivity contribution is -0.158. The summed E-state index contributed by atoms with van der Waals surface area (Å²) in [5.41, 5.74) is -17.7. The molecule has 0 aliphatic heterocycles. The SMILES string of the molecule is COc1cc2c(c(O)c1-c1c(OC)cc(O)c3c1C(=O)C1=C(C3=O)[C@H](O)[C@@H](O)[C@@](C)(O)[C@@H]1O)C(=O)c1c(cc(C)c(O)c1-c1c(OC)cc(O)c3c1C(=O)C1=C(C3=O)[C@H](O)[C@@H](O)[C@@](C)(O)[C@@H]1O)C2=O. The van der Waals surface area contributed by atoms with Crippen molar-refractivity contribution in [1.82, 2.24) is 0 Å². The molecule has 69 heavy (non-hydrogen) atoms. The summed E-state index contributed by atoms with van der Waals surface area (Å²) >= 11 is 0. The van der Waals surface area contributed by atoms with E-state index < -0.39 is 212 Å². The van der Waals surface area contributed by atoms with Crippen LogP contribution in [0.2, 0.25) is 0 Å². The number of hydrogen-bond donors (Lipinski definition) is 12. The fourth-order valence-electron chi connectivity index (χ4n) is 10.2. The van der Waals surface area contributed by atoms with Gasteiger partial charge >= 0.3 is 0 Å². The molecule has 4 aromatic carbocycles. The first-order valence-corrected chi connectivity index (χ1v) is 20.7. The van der Waals surface area contributed by atoms with Crippen LogP contribution in [0.5, 0.6) is 40.2 Å². The van der Waals surface area contributed by atoms with E-state index in [1.807, 2.05) is 0 Å². The zero-order valence-electron chi connectivity index (χ0n) is 36.8. The number of aromatic hydroxyl groups is 4. The van der Waals surface area contributed by atoms with E-state index in [9.17, 15) is 85.3 Å². The smallest absolute Gasteiger partial charge is 0.199 e. The Morgan fingerprint density at radius 1 is 0.420 bits per heavy atom. The number of phenolic OH excluding ortho intramolecular Hbond substituents is 4. The van der Waals surface area contributed by atoms with Crippen molar-refractivity contribution >= 4 is 34.7 Å². The van der Waals surface area contributed by atoms with Crippen LogP contribution in [0.25, 0.3) is 22.3 Å². The maximum Gasteiger partial charge on any atom is 0.199 e. The van der Waals surface area contributed by atoms with Gasteiger partial charge in [-0.3, -0.25) is 28.8 Å². The summed E-state index contributed by atoms with van der Waals surface area (Å²) in [6, 6.07) is 3.70. The number of hydrogen-bond acceptors (Lipinski definition) is 21.